The number of carbonyl (C=O) groups is 7. The second kappa shape index (κ2) is 24.3. The average molecular weight is 719 g/mol. The third-order valence-electron chi connectivity index (χ3n) is 6.70. The maximum absolute atomic E-state index is 13.5. The van der Waals surface area contributed by atoms with Crippen LogP contribution in [0, 0.1) is 0 Å². The number of carboxylic acid groups (broad SMARTS) is 2. The first-order valence-electron chi connectivity index (χ1n) is 15.3. The number of carbonyl (C=O) groups excluding carboxylic acids is 5. The summed E-state index contributed by atoms with van der Waals surface area (Å²) in [5.74, 6) is -6.83. The molecule has 5 atom stereocenters. The minimum atomic E-state index is -1.55. The molecule has 0 saturated carbocycles. The number of nitrogens with zero attached hydrogens (tertiary/aromatic N) is 2. The summed E-state index contributed by atoms with van der Waals surface area (Å²) >= 11 is 1.33. The van der Waals surface area contributed by atoms with Gasteiger partial charge in [-0.05, 0) is 57.0 Å². The van der Waals surface area contributed by atoms with E-state index in [2.05, 4.69) is 31.3 Å². The number of hydrogen-bond donors (Lipinski definition) is 12. The summed E-state index contributed by atoms with van der Waals surface area (Å²) in [7, 11) is 0. The molecule has 0 saturated heterocycles. The SMILES string of the molecule is CSCC[C@@H](NC(=O)[C@H](CCC(N)=O)NC(=O)[C@H](CCCN=C(N)N)NC(=O)[C@@H](N)CCCN=C(N)N)C(=O)N[C@@H](CCC(=O)O)C(=O)O. The van der Waals surface area contributed by atoms with Crippen molar-refractivity contribution in [2.45, 2.75) is 88.0 Å². The first-order chi connectivity index (χ1) is 23.0. The molecular weight excluding hydrogens is 668 g/mol. The summed E-state index contributed by atoms with van der Waals surface area (Å²) < 4.78 is 0. The fraction of sp³-hybridized carbons (Fsp3) is 0.667. The van der Waals surface area contributed by atoms with Gasteiger partial charge in [-0.2, -0.15) is 11.8 Å². The molecule has 49 heavy (non-hydrogen) atoms. The summed E-state index contributed by atoms with van der Waals surface area (Å²) in [6.07, 6.45) is 0.941. The Hall–Kier alpha value is -4.86. The summed E-state index contributed by atoms with van der Waals surface area (Å²) in [6, 6.07) is -6.57. The Balaban J connectivity index is 6.02. The summed E-state index contributed by atoms with van der Waals surface area (Å²) in [5.41, 5.74) is 32.6. The van der Waals surface area contributed by atoms with Crippen LogP contribution in [0.5, 0.6) is 0 Å². The number of thioether (sulfide) groups is 1. The molecule has 5 amide bonds. The lowest BCUT2D eigenvalue weighted by molar-refractivity contribution is -0.143. The molecular formula is C27H50N12O9S. The normalized spacial score (nSPS) is 13.7. The molecule has 0 aliphatic heterocycles. The highest BCUT2D eigenvalue weighted by Gasteiger charge is 2.32. The van der Waals surface area contributed by atoms with Crippen molar-refractivity contribution in [1.29, 1.82) is 0 Å². The Morgan fingerprint density at radius 2 is 1.04 bits per heavy atom. The molecule has 0 aromatic carbocycles. The van der Waals surface area contributed by atoms with E-state index in [1.165, 1.54) is 11.8 Å². The van der Waals surface area contributed by atoms with Crippen LogP contribution in [0.3, 0.4) is 0 Å². The van der Waals surface area contributed by atoms with Crippen molar-refractivity contribution in [2.75, 3.05) is 25.1 Å². The van der Waals surface area contributed by atoms with Gasteiger partial charge in [0.05, 0.1) is 6.04 Å². The van der Waals surface area contributed by atoms with Crippen LogP contribution in [0.4, 0.5) is 0 Å². The van der Waals surface area contributed by atoms with E-state index in [1.54, 1.807) is 6.26 Å². The molecule has 0 bridgehead atoms. The van der Waals surface area contributed by atoms with Crippen molar-refractivity contribution in [3.63, 3.8) is 0 Å². The Morgan fingerprint density at radius 1 is 0.612 bits per heavy atom. The third kappa shape index (κ3) is 20.9. The topological polar surface area (TPSA) is 389 Å². The molecule has 0 spiro atoms. The third-order valence-corrected chi connectivity index (χ3v) is 7.34. The molecule has 18 N–H and O–H groups in total. The highest BCUT2D eigenvalue weighted by molar-refractivity contribution is 7.98. The van der Waals surface area contributed by atoms with Crippen molar-refractivity contribution in [2.24, 2.45) is 44.4 Å². The van der Waals surface area contributed by atoms with Gasteiger partial charge in [-0.25, -0.2) is 4.79 Å². The summed E-state index contributed by atoms with van der Waals surface area (Å²) in [4.78, 5) is 94.7. The molecule has 0 aliphatic carbocycles. The van der Waals surface area contributed by atoms with Gasteiger partial charge in [0.15, 0.2) is 11.9 Å². The van der Waals surface area contributed by atoms with E-state index in [4.69, 9.17) is 39.5 Å². The van der Waals surface area contributed by atoms with Gasteiger partial charge in [0.2, 0.25) is 29.5 Å². The van der Waals surface area contributed by atoms with Crippen molar-refractivity contribution < 1.29 is 43.8 Å². The Labute approximate surface area is 287 Å². The zero-order chi connectivity index (χ0) is 37.5. The average Bonchev–Trinajstić information content (AvgIpc) is 3.01. The standard InChI is InChI=1S/C27H50N12O9S/c1-49-13-10-17(24(46)39-18(25(47)48)7-9-20(41)42)38-23(45)16(6-8-19(29)40)37-22(44)15(5-3-12-35-27(32)33)36-21(43)14(28)4-2-11-34-26(30)31/h14-18H,2-13,28H2,1H3,(H2,29,40)(H,36,43)(H,37,44)(H,38,45)(H,39,46)(H,41,42)(H,47,48)(H4,30,31,34)(H4,32,33,35)/t14-,15-,16-,17+,18-/m0/s1. The number of rotatable bonds is 26. The Kier molecular flexibility index (Phi) is 21.9. The van der Waals surface area contributed by atoms with E-state index in [-0.39, 0.29) is 63.5 Å². The van der Waals surface area contributed by atoms with Crippen LogP contribution in [-0.2, 0) is 33.6 Å². The van der Waals surface area contributed by atoms with E-state index in [9.17, 15) is 38.7 Å². The van der Waals surface area contributed by atoms with E-state index in [0.717, 1.165) is 0 Å². The van der Waals surface area contributed by atoms with Crippen LogP contribution in [0.15, 0.2) is 9.98 Å². The second-order valence-corrected chi connectivity index (χ2v) is 11.8. The number of aliphatic imine (C=N–C) groups is 2. The zero-order valence-electron chi connectivity index (χ0n) is 27.4. The Morgan fingerprint density at radius 3 is 1.49 bits per heavy atom. The number of aliphatic carboxylic acids is 2. The highest BCUT2D eigenvalue weighted by Crippen LogP contribution is 2.08. The van der Waals surface area contributed by atoms with Crippen LogP contribution in [0.25, 0.3) is 0 Å². The fourth-order valence-electron chi connectivity index (χ4n) is 4.10. The van der Waals surface area contributed by atoms with Crippen molar-refractivity contribution in [3.8, 4) is 0 Å². The predicted molar refractivity (Wildman–Crippen MR) is 181 cm³/mol. The number of primary amides is 1. The Bertz CT molecular complexity index is 1200. The summed E-state index contributed by atoms with van der Waals surface area (Å²) in [5, 5.41) is 28.1. The van der Waals surface area contributed by atoms with Crippen LogP contribution < -0.4 is 55.7 Å². The molecule has 22 heteroatoms. The van der Waals surface area contributed by atoms with Crippen LogP contribution in [0.2, 0.25) is 0 Å². The number of nitrogens with one attached hydrogen (secondary N) is 4. The zero-order valence-corrected chi connectivity index (χ0v) is 28.2. The molecule has 0 radical (unpaired) electrons. The van der Waals surface area contributed by atoms with Gasteiger partial charge in [-0.15, -0.1) is 0 Å². The van der Waals surface area contributed by atoms with Gasteiger partial charge >= 0.3 is 11.9 Å². The monoisotopic (exact) mass is 718 g/mol. The first kappa shape index (κ1) is 44.1. The van der Waals surface area contributed by atoms with Crippen molar-refractivity contribution >= 4 is 65.2 Å². The molecule has 0 rings (SSSR count). The number of amides is 5. The number of nitrogens with two attached hydrogens (primary N) is 6. The van der Waals surface area contributed by atoms with E-state index in [0.29, 0.717) is 12.2 Å². The lowest BCUT2D eigenvalue weighted by Crippen LogP contribution is -2.58. The van der Waals surface area contributed by atoms with Gasteiger partial charge < -0.3 is 65.9 Å². The van der Waals surface area contributed by atoms with Gasteiger partial charge in [0.25, 0.3) is 0 Å². The quantitative estimate of drug-likeness (QED) is 0.0227. The fourth-order valence-corrected chi connectivity index (χ4v) is 4.58. The molecule has 0 aromatic heterocycles. The van der Waals surface area contributed by atoms with Crippen LogP contribution >= 0.6 is 11.8 Å². The molecule has 0 aromatic rings. The highest BCUT2D eigenvalue weighted by atomic mass is 32.2. The largest absolute Gasteiger partial charge is 0.481 e. The first-order valence-corrected chi connectivity index (χ1v) is 16.7. The molecule has 0 unspecified atom stereocenters. The minimum absolute atomic E-state index is 0.00487. The maximum atomic E-state index is 13.5. The van der Waals surface area contributed by atoms with Crippen LogP contribution in [-0.4, -0.2) is 119 Å². The smallest absolute Gasteiger partial charge is 0.326 e. The van der Waals surface area contributed by atoms with Gasteiger partial charge in [-0.3, -0.25) is 38.8 Å². The van der Waals surface area contributed by atoms with Gasteiger partial charge in [0, 0.05) is 25.9 Å². The van der Waals surface area contributed by atoms with Crippen molar-refractivity contribution in [1.82, 2.24) is 21.3 Å². The molecule has 21 nitrogen and oxygen atoms in total. The lowest BCUT2D eigenvalue weighted by atomic mass is 10.0. The lowest BCUT2D eigenvalue weighted by Gasteiger charge is -2.26. The number of guanidine groups is 2. The predicted octanol–water partition coefficient (Wildman–Crippen LogP) is -4.67. The van der Waals surface area contributed by atoms with Crippen LogP contribution in [0.1, 0.15) is 57.8 Å². The number of carboxylic acids is 2. The van der Waals surface area contributed by atoms with E-state index in [1.807, 2.05) is 0 Å². The minimum Gasteiger partial charge on any atom is -0.481 e. The summed E-state index contributed by atoms with van der Waals surface area (Å²) in [6.45, 7) is 0.325. The second-order valence-electron chi connectivity index (χ2n) is 10.8. The van der Waals surface area contributed by atoms with Gasteiger partial charge in [-0.1, -0.05) is 0 Å². The molecule has 0 fully saturated rings. The molecule has 0 aliphatic rings. The molecule has 278 valence electrons. The van der Waals surface area contributed by atoms with Gasteiger partial charge in [0.1, 0.15) is 24.2 Å². The maximum Gasteiger partial charge on any atom is 0.326 e. The number of hydrogen-bond acceptors (Lipinski definition) is 11. The van der Waals surface area contributed by atoms with E-state index < -0.39 is 84.5 Å². The van der Waals surface area contributed by atoms with E-state index >= 15 is 0 Å². The molecule has 0 heterocycles. The van der Waals surface area contributed by atoms with Crippen molar-refractivity contribution in [3.05, 3.63) is 0 Å².